The highest BCUT2D eigenvalue weighted by molar-refractivity contribution is 5.76. The SMILES string of the molecule is CC(c1cccc(F)c1)N1CCN(C(=O)Cn2ccnn2)CC1. The summed E-state index contributed by atoms with van der Waals surface area (Å²) in [4.78, 5) is 16.3. The summed E-state index contributed by atoms with van der Waals surface area (Å²) >= 11 is 0. The van der Waals surface area contributed by atoms with E-state index in [1.165, 1.54) is 10.7 Å². The molecule has 0 saturated carbocycles. The number of piperazine rings is 1. The molecule has 6 nitrogen and oxygen atoms in total. The van der Waals surface area contributed by atoms with Crippen LogP contribution in [0.3, 0.4) is 0 Å². The fourth-order valence-corrected chi connectivity index (χ4v) is 2.89. The molecular formula is C16H20FN5O. The molecule has 23 heavy (non-hydrogen) atoms. The zero-order chi connectivity index (χ0) is 16.2. The Balaban J connectivity index is 1.54. The molecule has 1 aliphatic rings. The van der Waals surface area contributed by atoms with Gasteiger partial charge in [0.1, 0.15) is 12.4 Å². The van der Waals surface area contributed by atoms with Gasteiger partial charge >= 0.3 is 0 Å². The van der Waals surface area contributed by atoms with Crippen LogP contribution in [0.15, 0.2) is 36.7 Å². The highest BCUT2D eigenvalue weighted by atomic mass is 19.1. The third kappa shape index (κ3) is 3.73. The third-order valence-corrected chi connectivity index (χ3v) is 4.31. The predicted molar refractivity (Wildman–Crippen MR) is 83.0 cm³/mol. The van der Waals surface area contributed by atoms with Gasteiger partial charge in [0.05, 0.1) is 6.20 Å². The largest absolute Gasteiger partial charge is 0.339 e. The zero-order valence-corrected chi connectivity index (χ0v) is 13.1. The number of carbonyl (C=O) groups excluding carboxylic acids is 1. The first kappa shape index (κ1) is 15.6. The second kappa shape index (κ2) is 6.87. The maximum absolute atomic E-state index is 13.4. The summed E-state index contributed by atoms with van der Waals surface area (Å²) in [5.41, 5.74) is 0.965. The molecule has 2 aromatic rings. The number of nitrogens with zero attached hydrogens (tertiary/aromatic N) is 5. The van der Waals surface area contributed by atoms with Crippen molar-refractivity contribution < 1.29 is 9.18 Å². The molecule has 1 amide bonds. The number of hydrogen-bond acceptors (Lipinski definition) is 4. The maximum atomic E-state index is 13.4. The number of benzene rings is 1. The molecule has 3 rings (SSSR count). The van der Waals surface area contributed by atoms with E-state index in [1.807, 2.05) is 11.0 Å². The van der Waals surface area contributed by atoms with E-state index in [0.29, 0.717) is 13.1 Å². The van der Waals surface area contributed by atoms with Crippen LogP contribution in [0.5, 0.6) is 0 Å². The van der Waals surface area contributed by atoms with Crippen molar-refractivity contribution in [3.05, 3.63) is 48.0 Å². The van der Waals surface area contributed by atoms with Crippen LogP contribution in [0.25, 0.3) is 0 Å². The minimum Gasteiger partial charge on any atom is -0.339 e. The molecule has 1 aromatic heterocycles. The van der Waals surface area contributed by atoms with E-state index < -0.39 is 0 Å². The highest BCUT2D eigenvalue weighted by Gasteiger charge is 2.25. The lowest BCUT2D eigenvalue weighted by molar-refractivity contribution is -0.134. The first-order valence-electron chi connectivity index (χ1n) is 7.75. The lowest BCUT2D eigenvalue weighted by Gasteiger charge is -2.38. The number of hydrogen-bond donors (Lipinski definition) is 0. The van der Waals surface area contributed by atoms with Crippen LogP contribution in [0.4, 0.5) is 4.39 Å². The average Bonchev–Trinajstić information content (AvgIpc) is 3.07. The van der Waals surface area contributed by atoms with E-state index in [4.69, 9.17) is 0 Å². The van der Waals surface area contributed by atoms with Crippen molar-refractivity contribution in [3.8, 4) is 0 Å². The molecule has 122 valence electrons. The fraction of sp³-hybridized carbons (Fsp3) is 0.438. The Labute approximate surface area is 134 Å². The molecule has 7 heteroatoms. The van der Waals surface area contributed by atoms with Crippen LogP contribution in [0, 0.1) is 5.82 Å². The first-order valence-corrected chi connectivity index (χ1v) is 7.75. The average molecular weight is 317 g/mol. The van der Waals surface area contributed by atoms with Gasteiger partial charge in [-0.25, -0.2) is 9.07 Å². The molecule has 1 aliphatic heterocycles. The van der Waals surface area contributed by atoms with Crippen LogP contribution in [-0.4, -0.2) is 56.9 Å². The van der Waals surface area contributed by atoms with E-state index in [-0.39, 0.29) is 24.3 Å². The summed E-state index contributed by atoms with van der Waals surface area (Å²) in [7, 11) is 0. The van der Waals surface area contributed by atoms with Crippen molar-refractivity contribution in [2.75, 3.05) is 26.2 Å². The van der Waals surface area contributed by atoms with Gasteiger partial charge in [-0.1, -0.05) is 17.3 Å². The van der Waals surface area contributed by atoms with E-state index in [2.05, 4.69) is 22.1 Å². The van der Waals surface area contributed by atoms with Gasteiger partial charge < -0.3 is 4.90 Å². The van der Waals surface area contributed by atoms with Crippen LogP contribution in [0.1, 0.15) is 18.5 Å². The molecule has 1 atom stereocenters. The first-order chi connectivity index (χ1) is 11.1. The standard InChI is InChI=1S/C16H20FN5O/c1-13(14-3-2-4-15(17)11-14)20-7-9-21(10-8-20)16(23)12-22-6-5-18-19-22/h2-6,11,13H,7-10,12H2,1H3. The Hall–Kier alpha value is -2.28. The Morgan fingerprint density at radius 1 is 1.30 bits per heavy atom. The molecule has 2 heterocycles. The number of aromatic nitrogens is 3. The molecule has 0 N–H and O–H groups in total. The van der Waals surface area contributed by atoms with Crippen molar-refractivity contribution in [2.24, 2.45) is 0 Å². The number of amides is 1. The normalized spacial score (nSPS) is 17.2. The van der Waals surface area contributed by atoms with Gasteiger partial charge in [-0.05, 0) is 24.6 Å². The van der Waals surface area contributed by atoms with Gasteiger partial charge in [0.25, 0.3) is 0 Å². The molecule has 1 unspecified atom stereocenters. The molecule has 0 spiro atoms. The number of carbonyl (C=O) groups is 1. The zero-order valence-electron chi connectivity index (χ0n) is 13.1. The lowest BCUT2D eigenvalue weighted by Crippen LogP contribution is -2.50. The Bertz CT molecular complexity index is 652. The molecule has 1 fully saturated rings. The van der Waals surface area contributed by atoms with Crippen molar-refractivity contribution >= 4 is 5.91 Å². The second-order valence-corrected chi connectivity index (χ2v) is 5.75. The van der Waals surface area contributed by atoms with Crippen LogP contribution in [0.2, 0.25) is 0 Å². The summed E-state index contributed by atoms with van der Waals surface area (Å²) in [6.07, 6.45) is 3.24. The molecule has 1 aromatic carbocycles. The van der Waals surface area contributed by atoms with Gasteiger partial charge in [-0.2, -0.15) is 0 Å². The number of rotatable bonds is 4. The molecular weight excluding hydrogens is 297 g/mol. The van der Waals surface area contributed by atoms with Crippen LogP contribution >= 0.6 is 0 Å². The smallest absolute Gasteiger partial charge is 0.244 e. The van der Waals surface area contributed by atoms with E-state index in [0.717, 1.165) is 18.7 Å². The lowest BCUT2D eigenvalue weighted by atomic mass is 10.1. The van der Waals surface area contributed by atoms with Crippen LogP contribution in [-0.2, 0) is 11.3 Å². The van der Waals surface area contributed by atoms with Gasteiger partial charge in [-0.15, -0.1) is 5.10 Å². The summed E-state index contributed by atoms with van der Waals surface area (Å²) in [6.45, 7) is 5.20. The van der Waals surface area contributed by atoms with E-state index in [1.54, 1.807) is 24.5 Å². The van der Waals surface area contributed by atoms with Crippen molar-refractivity contribution in [1.29, 1.82) is 0 Å². The quantitative estimate of drug-likeness (QED) is 0.853. The van der Waals surface area contributed by atoms with Crippen molar-refractivity contribution in [2.45, 2.75) is 19.5 Å². The molecule has 0 bridgehead atoms. The Morgan fingerprint density at radius 3 is 2.74 bits per heavy atom. The maximum Gasteiger partial charge on any atom is 0.244 e. The fourth-order valence-electron chi connectivity index (χ4n) is 2.89. The van der Waals surface area contributed by atoms with Gasteiger partial charge in [0.2, 0.25) is 5.91 Å². The molecule has 1 saturated heterocycles. The Kier molecular flexibility index (Phi) is 4.66. The highest BCUT2D eigenvalue weighted by Crippen LogP contribution is 2.22. The monoisotopic (exact) mass is 317 g/mol. The molecule has 0 radical (unpaired) electrons. The second-order valence-electron chi connectivity index (χ2n) is 5.75. The van der Waals surface area contributed by atoms with E-state index in [9.17, 15) is 9.18 Å². The Morgan fingerprint density at radius 2 is 2.09 bits per heavy atom. The topological polar surface area (TPSA) is 54.3 Å². The minimum absolute atomic E-state index is 0.0496. The van der Waals surface area contributed by atoms with Gasteiger partial charge in [0, 0.05) is 38.4 Å². The summed E-state index contributed by atoms with van der Waals surface area (Å²) < 4.78 is 14.9. The van der Waals surface area contributed by atoms with Gasteiger partial charge in [-0.3, -0.25) is 9.69 Å². The van der Waals surface area contributed by atoms with Crippen LogP contribution < -0.4 is 0 Å². The van der Waals surface area contributed by atoms with Gasteiger partial charge in [0.15, 0.2) is 0 Å². The third-order valence-electron chi connectivity index (χ3n) is 4.31. The molecule has 0 aliphatic carbocycles. The summed E-state index contributed by atoms with van der Waals surface area (Å²) in [5, 5.41) is 7.52. The minimum atomic E-state index is -0.212. The summed E-state index contributed by atoms with van der Waals surface area (Å²) in [6, 6.07) is 6.84. The van der Waals surface area contributed by atoms with Crippen molar-refractivity contribution in [1.82, 2.24) is 24.8 Å². The number of halogens is 1. The predicted octanol–water partition coefficient (Wildman–Crippen LogP) is 1.32. The van der Waals surface area contributed by atoms with E-state index >= 15 is 0 Å². The van der Waals surface area contributed by atoms with Crippen molar-refractivity contribution in [3.63, 3.8) is 0 Å². The summed E-state index contributed by atoms with van der Waals surface area (Å²) in [5.74, 6) is -0.162.